The van der Waals surface area contributed by atoms with Crippen molar-refractivity contribution < 1.29 is 9.90 Å². The highest BCUT2D eigenvalue weighted by Crippen LogP contribution is 2.40. The van der Waals surface area contributed by atoms with Crippen LogP contribution in [0.4, 0.5) is 0 Å². The molecule has 0 saturated carbocycles. The summed E-state index contributed by atoms with van der Waals surface area (Å²) in [6.45, 7) is 1.12. The molecule has 3 nitrogen and oxygen atoms in total. The van der Waals surface area contributed by atoms with Crippen LogP contribution in [0.15, 0.2) is 66.7 Å². The third-order valence-corrected chi connectivity index (χ3v) is 5.46. The fraction of sp³-hybridized carbons (Fsp3) is 0.125. The first-order valence-corrected chi connectivity index (χ1v) is 9.23. The second-order valence-corrected chi connectivity index (χ2v) is 7.03. The SMILES string of the molecule is O=C(O)CCNCc1c2ccccc2c2ccc3cccc4ccc1c2c43. The number of carboxylic acid groups (broad SMARTS) is 1. The van der Waals surface area contributed by atoms with E-state index in [1.54, 1.807) is 0 Å². The van der Waals surface area contributed by atoms with Crippen LogP contribution in [0.5, 0.6) is 0 Å². The predicted molar refractivity (Wildman–Crippen MR) is 112 cm³/mol. The van der Waals surface area contributed by atoms with Crippen LogP contribution in [0.1, 0.15) is 12.0 Å². The largest absolute Gasteiger partial charge is 0.481 e. The lowest BCUT2D eigenvalue weighted by Crippen LogP contribution is -2.18. The summed E-state index contributed by atoms with van der Waals surface area (Å²) in [5, 5.41) is 22.3. The van der Waals surface area contributed by atoms with Gasteiger partial charge in [0.05, 0.1) is 6.42 Å². The minimum absolute atomic E-state index is 0.129. The van der Waals surface area contributed by atoms with Gasteiger partial charge in [-0.05, 0) is 48.7 Å². The normalized spacial score (nSPS) is 11.9. The van der Waals surface area contributed by atoms with E-state index >= 15 is 0 Å². The molecule has 0 heterocycles. The number of nitrogens with one attached hydrogen (secondary N) is 1. The van der Waals surface area contributed by atoms with E-state index in [0.717, 1.165) is 0 Å². The monoisotopic (exact) mass is 353 g/mol. The maximum absolute atomic E-state index is 10.8. The van der Waals surface area contributed by atoms with Gasteiger partial charge in [-0.25, -0.2) is 0 Å². The van der Waals surface area contributed by atoms with Gasteiger partial charge in [0.2, 0.25) is 0 Å². The highest BCUT2D eigenvalue weighted by Gasteiger charge is 2.15. The Bertz CT molecular complexity index is 1290. The quantitative estimate of drug-likeness (QED) is 0.256. The third-order valence-electron chi connectivity index (χ3n) is 5.46. The smallest absolute Gasteiger partial charge is 0.304 e. The van der Waals surface area contributed by atoms with E-state index in [2.05, 4.69) is 72.0 Å². The van der Waals surface area contributed by atoms with Gasteiger partial charge in [0.15, 0.2) is 0 Å². The van der Waals surface area contributed by atoms with Gasteiger partial charge < -0.3 is 10.4 Å². The molecule has 2 N–H and O–H groups in total. The molecule has 0 aliphatic carbocycles. The molecule has 0 radical (unpaired) electrons. The second-order valence-electron chi connectivity index (χ2n) is 7.03. The van der Waals surface area contributed by atoms with Crippen LogP contribution in [0.25, 0.3) is 43.1 Å². The molecule has 0 saturated heterocycles. The maximum atomic E-state index is 10.8. The minimum atomic E-state index is -0.775. The van der Waals surface area contributed by atoms with Crippen LogP contribution in [0.2, 0.25) is 0 Å². The number of aliphatic carboxylic acids is 1. The first-order valence-electron chi connectivity index (χ1n) is 9.23. The van der Waals surface area contributed by atoms with Crippen LogP contribution in [-0.2, 0) is 11.3 Å². The van der Waals surface area contributed by atoms with E-state index in [1.807, 2.05) is 0 Å². The number of carboxylic acids is 1. The molecule has 5 aromatic carbocycles. The molecular weight excluding hydrogens is 334 g/mol. The summed E-state index contributed by atoms with van der Waals surface area (Å²) in [5.41, 5.74) is 1.24. The molecular formula is C24H19NO2. The van der Waals surface area contributed by atoms with E-state index in [1.165, 1.54) is 48.7 Å². The van der Waals surface area contributed by atoms with Crippen LogP contribution in [-0.4, -0.2) is 17.6 Å². The first kappa shape index (κ1) is 16.0. The van der Waals surface area contributed by atoms with Crippen molar-refractivity contribution in [2.45, 2.75) is 13.0 Å². The zero-order valence-electron chi connectivity index (χ0n) is 14.8. The van der Waals surface area contributed by atoms with Crippen molar-refractivity contribution in [1.82, 2.24) is 5.32 Å². The van der Waals surface area contributed by atoms with Crippen molar-refractivity contribution in [3.63, 3.8) is 0 Å². The number of rotatable bonds is 5. The molecule has 0 bridgehead atoms. The second kappa shape index (κ2) is 6.22. The zero-order chi connectivity index (χ0) is 18.4. The van der Waals surface area contributed by atoms with Gasteiger partial charge in [-0.2, -0.15) is 0 Å². The van der Waals surface area contributed by atoms with Crippen LogP contribution in [0, 0.1) is 0 Å². The average Bonchev–Trinajstić information content (AvgIpc) is 2.69. The van der Waals surface area contributed by atoms with Crippen molar-refractivity contribution >= 4 is 49.1 Å². The standard InChI is InChI=1S/C24H19NO2/c26-22(27)12-13-25-14-21-18-7-2-1-6-17(18)19-10-8-15-4-3-5-16-9-11-20(21)24(19)23(15)16/h1-11,25H,12-14H2,(H,26,27). The lowest BCUT2D eigenvalue weighted by Gasteiger charge is -2.18. The van der Waals surface area contributed by atoms with Gasteiger partial charge in [0, 0.05) is 13.1 Å². The fourth-order valence-electron chi connectivity index (χ4n) is 4.28. The highest BCUT2D eigenvalue weighted by atomic mass is 16.4. The summed E-state index contributed by atoms with van der Waals surface area (Å²) in [4.78, 5) is 10.8. The van der Waals surface area contributed by atoms with Gasteiger partial charge in [-0.1, -0.05) is 66.7 Å². The maximum Gasteiger partial charge on any atom is 0.304 e. The Morgan fingerprint density at radius 2 is 1.44 bits per heavy atom. The van der Waals surface area contributed by atoms with Gasteiger partial charge in [0.1, 0.15) is 0 Å². The van der Waals surface area contributed by atoms with Crippen molar-refractivity contribution in [1.29, 1.82) is 0 Å². The summed E-state index contributed by atoms with van der Waals surface area (Å²) in [5.74, 6) is -0.775. The molecule has 0 aromatic heterocycles. The van der Waals surface area contributed by atoms with Gasteiger partial charge in [-0.15, -0.1) is 0 Å². The van der Waals surface area contributed by atoms with Crippen molar-refractivity contribution in [3.05, 3.63) is 72.3 Å². The Morgan fingerprint density at radius 3 is 2.19 bits per heavy atom. The highest BCUT2D eigenvalue weighted by molar-refractivity contribution is 6.30. The molecule has 0 amide bonds. The van der Waals surface area contributed by atoms with Crippen molar-refractivity contribution in [2.24, 2.45) is 0 Å². The lowest BCUT2D eigenvalue weighted by atomic mass is 9.88. The van der Waals surface area contributed by atoms with Crippen molar-refractivity contribution in [2.75, 3.05) is 6.54 Å². The van der Waals surface area contributed by atoms with Gasteiger partial charge in [-0.3, -0.25) is 4.79 Å². The summed E-state index contributed by atoms with van der Waals surface area (Å²) in [7, 11) is 0. The average molecular weight is 353 g/mol. The fourth-order valence-corrected chi connectivity index (χ4v) is 4.28. The topological polar surface area (TPSA) is 49.3 Å². The van der Waals surface area contributed by atoms with E-state index in [4.69, 9.17) is 5.11 Å². The molecule has 0 atom stereocenters. The Hall–Kier alpha value is -3.17. The van der Waals surface area contributed by atoms with E-state index < -0.39 is 5.97 Å². The molecule has 3 heteroatoms. The van der Waals surface area contributed by atoms with Crippen molar-refractivity contribution in [3.8, 4) is 0 Å². The molecule has 5 rings (SSSR count). The summed E-state index contributed by atoms with van der Waals surface area (Å²) in [6.07, 6.45) is 0.129. The van der Waals surface area contributed by atoms with E-state index in [9.17, 15) is 4.79 Å². The summed E-state index contributed by atoms with van der Waals surface area (Å²) < 4.78 is 0. The molecule has 132 valence electrons. The van der Waals surface area contributed by atoms with Gasteiger partial charge in [0.25, 0.3) is 0 Å². The Labute approximate surface area is 156 Å². The van der Waals surface area contributed by atoms with Crippen LogP contribution < -0.4 is 5.32 Å². The number of fused-ring (bicyclic) bond motifs is 2. The predicted octanol–water partition coefficient (Wildman–Crippen LogP) is 5.30. The minimum Gasteiger partial charge on any atom is -0.481 e. The number of carbonyl (C=O) groups is 1. The number of benzene rings is 5. The molecule has 27 heavy (non-hydrogen) atoms. The van der Waals surface area contributed by atoms with E-state index in [0.29, 0.717) is 13.1 Å². The van der Waals surface area contributed by atoms with Crippen LogP contribution in [0.3, 0.4) is 0 Å². The molecule has 0 fully saturated rings. The molecule has 0 aliphatic rings. The zero-order valence-corrected chi connectivity index (χ0v) is 14.8. The van der Waals surface area contributed by atoms with Crippen LogP contribution >= 0.6 is 0 Å². The number of hydrogen-bond acceptors (Lipinski definition) is 2. The van der Waals surface area contributed by atoms with E-state index in [-0.39, 0.29) is 6.42 Å². The summed E-state index contributed by atoms with van der Waals surface area (Å²) in [6, 6.07) is 23.8. The third kappa shape index (κ3) is 2.51. The Kier molecular flexibility index (Phi) is 3.69. The van der Waals surface area contributed by atoms with Gasteiger partial charge >= 0.3 is 5.97 Å². The summed E-state index contributed by atoms with van der Waals surface area (Å²) >= 11 is 0. The lowest BCUT2D eigenvalue weighted by molar-refractivity contribution is -0.136. The molecule has 0 aliphatic heterocycles. The molecule has 0 spiro atoms. The Morgan fingerprint density at radius 1 is 0.741 bits per heavy atom. The molecule has 5 aromatic rings. The number of hydrogen-bond donors (Lipinski definition) is 2. The Balaban J connectivity index is 1.81. The molecule has 0 unspecified atom stereocenters. The first-order chi connectivity index (χ1) is 13.2.